The molecule has 2 nitrogen and oxygen atoms in total. The van der Waals surface area contributed by atoms with Crippen molar-refractivity contribution >= 4 is 0 Å². The van der Waals surface area contributed by atoms with Crippen LogP contribution in [0, 0.1) is 0 Å². The minimum absolute atomic E-state index is 0.147. The summed E-state index contributed by atoms with van der Waals surface area (Å²) in [5.74, 6) is 4.85. The predicted molar refractivity (Wildman–Crippen MR) is 32.1 cm³/mol. The van der Waals surface area contributed by atoms with Gasteiger partial charge in [-0.05, 0) is 12.8 Å². The molecule has 0 saturated carbocycles. The van der Waals surface area contributed by atoms with Crippen molar-refractivity contribution in [1.29, 1.82) is 0 Å². The molecule has 0 unspecified atom stereocenters. The quantitative estimate of drug-likeness (QED) is 0.364. The molecule has 0 aromatic carbocycles. The Kier molecular flexibility index (Phi) is 4.38. The fourth-order valence-electron chi connectivity index (χ4n) is 0.553. The van der Waals surface area contributed by atoms with Gasteiger partial charge in [0.1, 0.15) is 0 Å². The summed E-state index contributed by atoms with van der Waals surface area (Å²) in [5, 5.41) is 0. The molecule has 0 amide bonds. The molecule has 0 rings (SSSR count). The molecule has 5 heteroatoms. The van der Waals surface area contributed by atoms with E-state index in [0.717, 1.165) is 0 Å². The van der Waals surface area contributed by atoms with Gasteiger partial charge in [0.05, 0.1) is 0 Å². The molecule has 0 atom stereocenters. The Bertz CT molecular complexity index is 81.5. The van der Waals surface area contributed by atoms with Gasteiger partial charge in [-0.2, -0.15) is 13.2 Å². The smallest absolute Gasteiger partial charge is 0.271 e. The van der Waals surface area contributed by atoms with Crippen molar-refractivity contribution in [2.45, 2.75) is 25.4 Å². The van der Waals surface area contributed by atoms with Crippen LogP contribution in [0.1, 0.15) is 19.3 Å². The maximum Gasteiger partial charge on any atom is 0.389 e. The maximum atomic E-state index is 11.4. The van der Waals surface area contributed by atoms with Crippen LogP contribution in [0.5, 0.6) is 0 Å². The zero-order valence-corrected chi connectivity index (χ0v) is 5.54. The molecule has 0 aliphatic heterocycles. The third-order valence-electron chi connectivity index (χ3n) is 1.03. The van der Waals surface area contributed by atoms with E-state index in [1.54, 1.807) is 0 Å². The second kappa shape index (κ2) is 4.51. The van der Waals surface area contributed by atoms with Gasteiger partial charge in [0.15, 0.2) is 0 Å². The van der Waals surface area contributed by atoms with Crippen LogP contribution < -0.4 is 11.3 Å². The van der Waals surface area contributed by atoms with E-state index in [-0.39, 0.29) is 6.42 Å². The average molecular weight is 156 g/mol. The molecule has 62 valence electrons. The summed E-state index contributed by atoms with van der Waals surface area (Å²) in [5.41, 5.74) is 2.29. The lowest BCUT2D eigenvalue weighted by molar-refractivity contribution is -0.135. The molecule has 10 heavy (non-hydrogen) atoms. The second-order valence-corrected chi connectivity index (χ2v) is 2.03. The van der Waals surface area contributed by atoms with Gasteiger partial charge >= 0.3 is 6.18 Å². The standard InChI is InChI=1S/C5H11F3N2/c6-5(7,8)3-1-2-4-10-9/h10H,1-4,9H2. The molecule has 0 aromatic heterocycles. The van der Waals surface area contributed by atoms with Crippen LogP contribution in [0.4, 0.5) is 13.2 Å². The Balaban J connectivity index is 3.04. The van der Waals surface area contributed by atoms with Gasteiger partial charge in [-0.3, -0.25) is 11.3 Å². The average Bonchev–Trinajstić information content (AvgIpc) is 1.78. The Morgan fingerprint density at radius 3 is 2.20 bits per heavy atom. The molecule has 0 fully saturated rings. The predicted octanol–water partition coefficient (Wildman–Crippen LogP) is 1.18. The zero-order chi connectivity index (χ0) is 8.04. The van der Waals surface area contributed by atoms with Gasteiger partial charge in [0.2, 0.25) is 0 Å². The maximum absolute atomic E-state index is 11.4. The van der Waals surface area contributed by atoms with Gasteiger partial charge in [-0.1, -0.05) is 0 Å². The number of hydrazine groups is 1. The number of hydrogen-bond donors (Lipinski definition) is 2. The summed E-state index contributed by atoms with van der Waals surface area (Å²) in [7, 11) is 0. The van der Waals surface area contributed by atoms with Gasteiger partial charge in [0.25, 0.3) is 0 Å². The topological polar surface area (TPSA) is 38.0 Å². The monoisotopic (exact) mass is 156 g/mol. The molecule has 0 saturated heterocycles. The Morgan fingerprint density at radius 1 is 1.20 bits per heavy atom. The molecule has 3 N–H and O–H groups in total. The van der Waals surface area contributed by atoms with Crippen LogP contribution in [0.2, 0.25) is 0 Å². The largest absolute Gasteiger partial charge is 0.389 e. The number of rotatable bonds is 4. The van der Waals surface area contributed by atoms with Crippen molar-refractivity contribution in [2.24, 2.45) is 5.84 Å². The first-order valence-corrected chi connectivity index (χ1v) is 3.06. The molecule has 0 bridgehead atoms. The van der Waals surface area contributed by atoms with Crippen LogP contribution in [-0.4, -0.2) is 12.7 Å². The fourth-order valence-corrected chi connectivity index (χ4v) is 0.553. The molecule has 0 heterocycles. The number of unbranched alkanes of at least 4 members (excludes halogenated alkanes) is 1. The van der Waals surface area contributed by atoms with E-state index in [0.29, 0.717) is 13.0 Å². The minimum Gasteiger partial charge on any atom is -0.271 e. The Hall–Kier alpha value is -0.290. The van der Waals surface area contributed by atoms with Crippen molar-refractivity contribution in [3.63, 3.8) is 0 Å². The van der Waals surface area contributed by atoms with E-state index in [1.165, 1.54) is 0 Å². The molecule has 0 aliphatic rings. The van der Waals surface area contributed by atoms with E-state index < -0.39 is 12.6 Å². The van der Waals surface area contributed by atoms with Crippen molar-refractivity contribution in [1.82, 2.24) is 5.43 Å². The van der Waals surface area contributed by atoms with Crippen LogP contribution in [0.3, 0.4) is 0 Å². The summed E-state index contributed by atoms with van der Waals surface area (Å²) in [6, 6.07) is 0. The van der Waals surface area contributed by atoms with Crippen LogP contribution in [0.15, 0.2) is 0 Å². The summed E-state index contributed by atoms with van der Waals surface area (Å²) in [6.45, 7) is 0.441. The zero-order valence-electron chi connectivity index (χ0n) is 5.54. The summed E-state index contributed by atoms with van der Waals surface area (Å²) in [6.07, 6.45) is -4.12. The van der Waals surface area contributed by atoms with E-state index in [2.05, 4.69) is 5.43 Å². The highest BCUT2D eigenvalue weighted by Crippen LogP contribution is 2.21. The highest BCUT2D eigenvalue weighted by Gasteiger charge is 2.25. The van der Waals surface area contributed by atoms with Crippen LogP contribution >= 0.6 is 0 Å². The van der Waals surface area contributed by atoms with Gasteiger partial charge < -0.3 is 0 Å². The Labute approximate surface area is 57.6 Å². The lowest BCUT2D eigenvalue weighted by atomic mass is 10.2. The lowest BCUT2D eigenvalue weighted by Gasteiger charge is -2.04. The third kappa shape index (κ3) is 7.71. The summed E-state index contributed by atoms with van der Waals surface area (Å²) < 4.78 is 34.3. The van der Waals surface area contributed by atoms with Crippen molar-refractivity contribution in [3.05, 3.63) is 0 Å². The van der Waals surface area contributed by atoms with Crippen molar-refractivity contribution in [3.8, 4) is 0 Å². The highest BCUT2D eigenvalue weighted by atomic mass is 19.4. The number of nitrogens with two attached hydrogens (primary N) is 1. The number of nitrogens with one attached hydrogen (secondary N) is 1. The van der Waals surface area contributed by atoms with E-state index >= 15 is 0 Å². The molecular formula is C5H11F3N2. The lowest BCUT2D eigenvalue weighted by Crippen LogP contribution is -2.23. The van der Waals surface area contributed by atoms with Gasteiger partial charge in [-0.15, -0.1) is 0 Å². The summed E-state index contributed by atoms with van der Waals surface area (Å²) >= 11 is 0. The number of hydrogen-bond acceptors (Lipinski definition) is 2. The van der Waals surface area contributed by atoms with E-state index in [4.69, 9.17) is 5.84 Å². The van der Waals surface area contributed by atoms with Crippen molar-refractivity contribution < 1.29 is 13.2 Å². The van der Waals surface area contributed by atoms with Crippen molar-refractivity contribution in [2.75, 3.05) is 6.54 Å². The van der Waals surface area contributed by atoms with Crippen LogP contribution in [-0.2, 0) is 0 Å². The van der Waals surface area contributed by atoms with E-state index in [9.17, 15) is 13.2 Å². The van der Waals surface area contributed by atoms with Gasteiger partial charge in [0, 0.05) is 13.0 Å². The first kappa shape index (κ1) is 9.71. The second-order valence-electron chi connectivity index (χ2n) is 2.03. The fraction of sp³-hybridized carbons (Fsp3) is 1.00. The summed E-state index contributed by atoms with van der Waals surface area (Å²) in [4.78, 5) is 0. The van der Waals surface area contributed by atoms with Crippen LogP contribution in [0.25, 0.3) is 0 Å². The third-order valence-corrected chi connectivity index (χ3v) is 1.03. The molecule has 0 aliphatic carbocycles. The highest BCUT2D eigenvalue weighted by molar-refractivity contribution is 4.51. The Morgan fingerprint density at radius 2 is 1.80 bits per heavy atom. The van der Waals surface area contributed by atoms with E-state index in [1.807, 2.05) is 0 Å². The molecule has 0 radical (unpaired) electrons. The SMILES string of the molecule is NNCCCCC(F)(F)F. The molecule has 0 aromatic rings. The number of halogens is 3. The first-order chi connectivity index (χ1) is 4.56. The van der Waals surface area contributed by atoms with Gasteiger partial charge in [-0.25, -0.2) is 0 Å². The first-order valence-electron chi connectivity index (χ1n) is 3.06. The number of alkyl halides is 3. The molecular weight excluding hydrogens is 145 g/mol. The minimum atomic E-state index is -4.02. The normalized spacial score (nSPS) is 12.0. The molecule has 0 spiro atoms.